The maximum Gasteiger partial charge on any atom is 0.191 e. The first-order chi connectivity index (χ1) is 13.6. The molecule has 154 valence electrons. The quantitative estimate of drug-likeness (QED) is 0.342. The van der Waals surface area contributed by atoms with Gasteiger partial charge in [0.15, 0.2) is 5.96 Å². The van der Waals surface area contributed by atoms with Crippen LogP contribution in [0.15, 0.2) is 46.8 Å². The van der Waals surface area contributed by atoms with Crippen LogP contribution in [0, 0.1) is 5.92 Å². The molecule has 0 amide bonds. The summed E-state index contributed by atoms with van der Waals surface area (Å²) in [6, 6.07) is 12.6. The monoisotopic (exact) mass is 402 g/mol. The van der Waals surface area contributed by atoms with Gasteiger partial charge in [-0.15, -0.1) is 11.3 Å². The van der Waals surface area contributed by atoms with E-state index in [1.807, 2.05) is 30.5 Å². The van der Waals surface area contributed by atoms with E-state index in [4.69, 9.17) is 4.74 Å². The van der Waals surface area contributed by atoms with E-state index in [0.29, 0.717) is 5.92 Å². The van der Waals surface area contributed by atoms with Crippen molar-refractivity contribution in [2.75, 3.05) is 40.8 Å². The molecule has 6 heteroatoms. The molecule has 0 aliphatic carbocycles. The molecule has 2 N–H and O–H groups in total. The highest BCUT2D eigenvalue weighted by Gasteiger charge is 2.06. The number of guanidine groups is 1. The Labute approximate surface area is 173 Å². The average molecular weight is 403 g/mol. The van der Waals surface area contributed by atoms with Crippen LogP contribution in [-0.4, -0.2) is 51.7 Å². The van der Waals surface area contributed by atoms with Crippen LogP contribution < -0.4 is 15.4 Å². The molecular weight excluding hydrogens is 368 g/mol. The standard InChI is InChI=1S/C22H34N4OS/c1-18(15-21-7-5-14-28-21)16-24-22(23-2)25-17-19-8-10-20(11-9-19)27-13-6-12-26(3)4/h5,7-11,14,18H,6,12-13,15-17H2,1-4H3,(H2,23,24,25). The molecule has 1 aromatic heterocycles. The van der Waals surface area contributed by atoms with E-state index in [9.17, 15) is 0 Å². The zero-order chi connectivity index (χ0) is 20.2. The number of nitrogens with zero attached hydrogens (tertiary/aromatic N) is 2. The van der Waals surface area contributed by atoms with E-state index < -0.39 is 0 Å². The largest absolute Gasteiger partial charge is 0.494 e. The summed E-state index contributed by atoms with van der Waals surface area (Å²) in [6.45, 7) is 5.69. The van der Waals surface area contributed by atoms with Crippen molar-refractivity contribution in [3.05, 3.63) is 52.2 Å². The summed E-state index contributed by atoms with van der Waals surface area (Å²) < 4.78 is 5.78. The lowest BCUT2D eigenvalue weighted by atomic mass is 10.1. The second-order valence-corrected chi connectivity index (χ2v) is 8.38. The summed E-state index contributed by atoms with van der Waals surface area (Å²) in [5.41, 5.74) is 1.20. The number of thiophene rings is 1. The van der Waals surface area contributed by atoms with Crippen LogP contribution in [-0.2, 0) is 13.0 Å². The zero-order valence-corrected chi connectivity index (χ0v) is 18.4. The van der Waals surface area contributed by atoms with Crippen molar-refractivity contribution in [1.29, 1.82) is 0 Å². The zero-order valence-electron chi connectivity index (χ0n) is 17.6. The Bertz CT molecular complexity index is 683. The van der Waals surface area contributed by atoms with Gasteiger partial charge in [-0.05, 0) is 62.0 Å². The molecular formula is C22H34N4OS. The van der Waals surface area contributed by atoms with Crippen LogP contribution in [0.1, 0.15) is 23.8 Å². The van der Waals surface area contributed by atoms with Gasteiger partial charge in [0.2, 0.25) is 0 Å². The first-order valence-electron chi connectivity index (χ1n) is 9.90. The third kappa shape index (κ3) is 8.76. The lowest BCUT2D eigenvalue weighted by Gasteiger charge is -2.16. The van der Waals surface area contributed by atoms with Crippen LogP contribution in [0.4, 0.5) is 0 Å². The molecule has 0 fully saturated rings. The van der Waals surface area contributed by atoms with E-state index >= 15 is 0 Å². The van der Waals surface area contributed by atoms with Crippen molar-refractivity contribution in [3.8, 4) is 5.75 Å². The van der Waals surface area contributed by atoms with Crippen LogP contribution in [0.2, 0.25) is 0 Å². The fourth-order valence-corrected chi connectivity index (χ4v) is 3.67. The smallest absolute Gasteiger partial charge is 0.191 e. The van der Waals surface area contributed by atoms with Crippen molar-refractivity contribution in [1.82, 2.24) is 15.5 Å². The maximum atomic E-state index is 5.78. The Morgan fingerprint density at radius 2 is 1.96 bits per heavy atom. The molecule has 0 saturated heterocycles. The summed E-state index contributed by atoms with van der Waals surface area (Å²) >= 11 is 1.82. The van der Waals surface area contributed by atoms with Crippen LogP contribution in [0.5, 0.6) is 5.75 Å². The molecule has 0 saturated carbocycles. The second-order valence-electron chi connectivity index (χ2n) is 7.34. The minimum absolute atomic E-state index is 0.557. The van der Waals surface area contributed by atoms with E-state index in [1.165, 1.54) is 10.4 Å². The van der Waals surface area contributed by atoms with Crippen LogP contribution in [0.25, 0.3) is 0 Å². The van der Waals surface area contributed by atoms with Gasteiger partial charge in [-0.3, -0.25) is 4.99 Å². The number of rotatable bonds is 11. The van der Waals surface area contributed by atoms with Gasteiger partial charge in [0, 0.05) is 31.6 Å². The highest BCUT2D eigenvalue weighted by molar-refractivity contribution is 7.09. The Kier molecular flexibility index (Phi) is 9.86. The van der Waals surface area contributed by atoms with E-state index in [2.05, 4.69) is 71.2 Å². The molecule has 0 spiro atoms. The highest BCUT2D eigenvalue weighted by atomic mass is 32.1. The fourth-order valence-electron chi connectivity index (χ4n) is 2.80. The third-order valence-corrected chi connectivity index (χ3v) is 5.27. The number of benzene rings is 1. The molecule has 5 nitrogen and oxygen atoms in total. The Morgan fingerprint density at radius 1 is 1.18 bits per heavy atom. The van der Waals surface area contributed by atoms with Gasteiger partial charge in [-0.1, -0.05) is 25.1 Å². The van der Waals surface area contributed by atoms with E-state index in [-0.39, 0.29) is 0 Å². The fraction of sp³-hybridized carbons (Fsp3) is 0.500. The van der Waals surface area contributed by atoms with Crippen LogP contribution in [0.3, 0.4) is 0 Å². The molecule has 2 rings (SSSR count). The van der Waals surface area contributed by atoms with Gasteiger partial charge < -0.3 is 20.3 Å². The van der Waals surface area contributed by atoms with Gasteiger partial charge in [0.05, 0.1) is 6.61 Å². The first kappa shape index (κ1) is 22.2. The van der Waals surface area contributed by atoms with Crippen molar-refractivity contribution in [2.24, 2.45) is 10.9 Å². The molecule has 1 heterocycles. The van der Waals surface area contributed by atoms with Gasteiger partial charge in [0.1, 0.15) is 5.75 Å². The molecule has 1 aromatic carbocycles. The summed E-state index contributed by atoms with van der Waals surface area (Å²) in [5, 5.41) is 8.94. The Hall–Kier alpha value is -2.05. The SMILES string of the molecule is CN=C(NCc1ccc(OCCCN(C)C)cc1)NCC(C)Cc1cccs1. The number of hydrogen-bond donors (Lipinski definition) is 2. The molecule has 1 atom stereocenters. The highest BCUT2D eigenvalue weighted by Crippen LogP contribution is 2.14. The van der Waals surface area contributed by atoms with Crippen molar-refractivity contribution < 1.29 is 4.74 Å². The number of hydrogen-bond acceptors (Lipinski definition) is 4. The molecule has 0 bridgehead atoms. The van der Waals surface area contributed by atoms with Gasteiger partial charge in [0.25, 0.3) is 0 Å². The van der Waals surface area contributed by atoms with Crippen molar-refractivity contribution in [2.45, 2.75) is 26.3 Å². The molecule has 1 unspecified atom stereocenters. The van der Waals surface area contributed by atoms with E-state index in [0.717, 1.165) is 50.8 Å². The Balaban J connectivity index is 1.68. The lowest BCUT2D eigenvalue weighted by Crippen LogP contribution is -2.39. The molecule has 28 heavy (non-hydrogen) atoms. The topological polar surface area (TPSA) is 48.9 Å². The maximum absolute atomic E-state index is 5.78. The predicted octanol–water partition coefficient (Wildman–Crippen LogP) is 3.62. The van der Waals surface area contributed by atoms with Crippen molar-refractivity contribution in [3.63, 3.8) is 0 Å². The van der Waals surface area contributed by atoms with Gasteiger partial charge >= 0.3 is 0 Å². The summed E-state index contributed by atoms with van der Waals surface area (Å²) in [6.07, 6.45) is 2.13. The lowest BCUT2D eigenvalue weighted by molar-refractivity contribution is 0.281. The molecule has 0 aliphatic rings. The van der Waals surface area contributed by atoms with Gasteiger partial charge in [-0.2, -0.15) is 0 Å². The summed E-state index contributed by atoms with van der Waals surface area (Å²) in [4.78, 5) is 7.92. The second kappa shape index (κ2) is 12.4. The average Bonchev–Trinajstić information content (AvgIpc) is 3.19. The van der Waals surface area contributed by atoms with Crippen LogP contribution >= 0.6 is 11.3 Å². The minimum atomic E-state index is 0.557. The molecule has 0 aliphatic heterocycles. The molecule has 0 radical (unpaired) electrons. The van der Waals surface area contributed by atoms with E-state index in [1.54, 1.807) is 0 Å². The first-order valence-corrected chi connectivity index (χ1v) is 10.8. The van der Waals surface area contributed by atoms with Crippen molar-refractivity contribution >= 4 is 17.3 Å². The number of nitrogens with one attached hydrogen (secondary N) is 2. The Morgan fingerprint density at radius 3 is 2.61 bits per heavy atom. The number of aliphatic imine (C=N–C) groups is 1. The number of ether oxygens (including phenoxy) is 1. The minimum Gasteiger partial charge on any atom is -0.494 e. The normalized spacial score (nSPS) is 12.8. The molecule has 2 aromatic rings. The summed E-state index contributed by atoms with van der Waals surface area (Å²) in [7, 11) is 5.97. The predicted molar refractivity (Wildman–Crippen MR) is 120 cm³/mol. The third-order valence-electron chi connectivity index (χ3n) is 4.37. The van der Waals surface area contributed by atoms with Gasteiger partial charge in [-0.25, -0.2) is 0 Å². The summed E-state index contributed by atoms with van der Waals surface area (Å²) in [5.74, 6) is 2.32.